The van der Waals surface area contributed by atoms with Gasteiger partial charge in [0.1, 0.15) is 11.5 Å². The molecule has 3 heteroatoms. The molecule has 1 aromatic rings. The summed E-state index contributed by atoms with van der Waals surface area (Å²) in [6.45, 7) is 5.41. The van der Waals surface area contributed by atoms with E-state index in [4.69, 9.17) is 15.2 Å². The number of rotatable bonds is 5. The second-order valence-corrected chi connectivity index (χ2v) is 6.53. The van der Waals surface area contributed by atoms with Crippen molar-refractivity contribution in [3.05, 3.63) is 23.8 Å². The number of hydrogen-bond acceptors (Lipinski definition) is 3. The summed E-state index contributed by atoms with van der Waals surface area (Å²) in [5.41, 5.74) is 7.33. The first-order valence-electron chi connectivity index (χ1n) is 8.02. The molecule has 1 fully saturated rings. The van der Waals surface area contributed by atoms with Gasteiger partial charge < -0.3 is 15.2 Å². The maximum Gasteiger partial charge on any atom is 0.126 e. The van der Waals surface area contributed by atoms with Crippen LogP contribution in [0.5, 0.6) is 11.5 Å². The van der Waals surface area contributed by atoms with E-state index < -0.39 is 0 Å². The minimum atomic E-state index is 0.497. The molecule has 0 aliphatic heterocycles. The van der Waals surface area contributed by atoms with Crippen molar-refractivity contribution >= 4 is 0 Å². The van der Waals surface area contributed by atoms with Gasteiger partial charge in [-0.15, -0.1) is 0 Å². The summed E-state index contributed by atoms with van der Waals surface area (Å²) in [4.78, 5) is 0. The maximum absolute atomic E-state index is 6.03. The first kappa shape index (κ1) is 16.2. The van der Waals surface area contributed by atoms with Crippen LogP contribution in [0.3, 0.4) is 0 Å². The zero-order valence-corrected chi connectivity index (χ0v) is 13.8. The zero-order valence-electron chi connectivity index (χ0n) is 13.8. The maximum atomic E-state index is 6.03. The minimum Gasteiger partial charge on any atom is -0.497 e. The molecule has 3 nitrogen and oxygen atoms in total. The van der Waals surface area contributed by atoms with E-state index in [-0.39, 0.29) is 0 Å². The first-order chi connectivity index (χ1) is 10.1. The summed E-state index contributed by atoms with van der Waals surface area (Å²) in [6, 6.07) is 6.18. The molecule has 0 aromatic heterocycles. The third-order valence-electron chi connectivity index (χ3n) is 5.12. The Morgan fingerprint density at radius 1 is 1.19 bits per heavy atom. The van der Waals surface area contributed by atoms with Crippen molar-refractivity contribution in [2.45, 2.75) is 39.0 Å². The van der Waals surface area contributed by atoms with Crippen molar-refractivity contribution in [1.29, 1.82) is 0 Å². The molecule has 1 saturated carbocycles. The van der Waals surface area contributed by atoms with Gasteiger partial charge in [-0.05, 0) is 61.1 Å². The second kappa shape index (κ2) is 7.17. The van der Waals surface area contributed by atoms with Gasteiger partial charge in [0.2, 0.25) is 0 Å². The van der Waals surface area contributed by atoms with Gasteiger partial charge in [0.15, 0.2) is 0 Å². The summed E-state index contributed by atoms with van der Waals surface area (Å²) in [5, 5.41) is 0. The predicted octanol–water partition coefficient (Wildman–Crippen LogP) is 3.82. The molecule has 0 amide bonds. The van der Waals surface area contributed by atoms with Crippen LogP contribution in [0.2, 0.25) is 0 Å². The Labute approximate surface area is 128 Å². The standard InChI is InChI=1S/C18H29NO2/c1-12(2)13-5-6-14(11-19)17(9-13)16-8-7-15(20-3)10-18(16)21-4/h7-8,10,12-14,17H,5-6,9,11,19H2,1-4H3. The van der Waals surface area contributed by atoms with Crippen LogP contribution in [0.1, 0.15) is 44.6 Å². The van der Waals surface area contributed by atoms with Gasteiger partial charge in [-0.1, -0.05) is 19.9 Å². The van der Waals surface area contributed by atoms with Crippen LogP contribution >= 0.6 is 0 Å². The Bertz CT molecular complexity index is 459. The SMILES string of the molecule is COc1ccc(C2CC(C(C)C)CCC2CN)c(OC)c1. The van der Waals surface area contributed by atoms with E-state index in [1.54, 1.807) is 14.2 Å². The van der Waals surface area contributed by atoms with E-state index in [1.165, 1.54) is 24.8 Å². The molecule has 0 bridgehead atoms. The van der Waals surface area contributed by atoms with E-state index >= 15 is 0 Å². The van der Waals surface area contributed by atoms with E-state index in [0.29, 0.717) is 11.8 Å². The number of benzene rings is 1. The summed E-state index contributed by atoms with van der Waals surface area (Å²) in [6.07, 6.45) is 3.73. The van der Waals surface area contributed by atoms with Gasteiger partial charge in [-0.25, -0.2) is 0 Å². The molecule has 2 rings (SSSR count). The molecule has 3 atom stereocenters. The first-order valence-corrected chi connectivity index (χ1v) is 8.02. The molecule has 0 spiro atoms. The van der Waals surface area contributed by atoms with E-state index in [0.717, 1.165) is 29.9 Å². The van der Waals surface area contributed by atoms with Crippen molar-refractivity contribution < 1.29 is 9.47 Å². The normalized spacial score (nSPS) is 25.9. The smallest absolute Gasteiger partial charge is 0.126 e. The lowest BCUT2D eigenvalue weighted by atomic mass is 9.68. The molecule has 2 N–H and O–H groups in total. The molecule has 1 aliphatic carbocycles. The third kappa shape index (κ3) is 3.52. The molecule has 21 heavy (non-hydrogen) atoms. The molecule has 118 valence electrons. The van der Waals surface area contributed by atoms with Crippen LogP contribution in [-0.4, -0.2) is 20.8 Å². The highest BCUT2D eigenvalue weighted by atomic mass is 16.5. The van der Waals surface area contributed by atoms with Gasteiger partial charge in [-0.3, -0.25) is 0 Å². The van der Waals surface area contributed by atoms with E-state index in [2.05, 4.69) is 19.9 Å². The van der Waals surface area contributed by atoms with E-state index in [9.17, 15) is 0 Å². The van der Waals surface area contributed by atoms with Crippen molar-refractivity contribution in [3.8, 4) is 11.5 Å². The van der Waals surface area contributed by atoms with Crippen molar-refractivity contribution in [2.75, 3.05) is 20.8 Å². The molecule has 0 saturated heterocycles. The minimum absolute atomic E-state index is 0.497. The van der Waals surface area contributed by atoms with Gasteiger partial charge >= 0.3 is 0 Å². The number of hydrogen-bond donors (Lipinski definition) is 1. The fourth-order valence-electron chi connectivity index (χ4n) is 3.66. The van der Waals surface area contributed by atoms with Gasteiger partial charge in [-0.2, -0.15) is 0 Å². The highest BCUT2D eigenvalue weighted by Gasteiger charge is 2.33. The Hall–Kier alpha value is -1.22. The Morgan fingerprint density at radius 2 is 1.95 bits per heavy atom. The van der Waals surface area contributed by atoms with E-state index in [1.807, 2.05) is 12.1 Å². The number of nitrogens with two attached hydrogens (primary N) is 1. The summed E-state index contributed by atoms with van der Waals surface area (Å²) >= 11 is 0. The average Bonchev–Trinajstić information content (AvgIpc) is 2.53. The van der Waals surface area contributed by atoms with Crippen molar-refractivity contribution in [2.24, 2.45) is 23.5 Å². The molecule has 3 unspecified atom stereocenters. The Morgan fingerprint density at radius 3 is 2.52 bits per heavy atom. The van der Waals surface area contributed by atoms with Crippen LogP contribution in [-0.2, 0) is 0 Å². The second-order valence-electron chi connectivity index (χ2n) is 6.53. The van der Waals surface area contributed by atoms with Crippen LogP contribution in [0.25, 0.3) is 0 Å². The Balaban J connectivity index is 2.31. The quantitative estimate of drug-likeness (QED) is 0.897. The van der Waals surface area contributed by atoms with Crippen LogP contribution in [0, 0.1) is 17.8 Å². The fourth-order valence-corrected chi connectivity index (χ4v) is 3.66. The highest BCUT2D eigenvalue weighted by Crippen LogP contribution is 2.45. The molecular weight excluding hydrogens is 262 g/mol. The number of ether oxygens (including phenoxy) is 2. The molecular formula is C18H29NO2. The topological polar surface area (TPSA) is 44.5 Å². The number of methoxy groups -OCH3 is 2. The van der Waals surface area contributed by atoms with Gasteiger partial charge in [0, 0.05) is 6.07 Å². The zero-order chi connectivity index (χ0) is 15.4. The molecule has 1 aliphatic rings. The predicted molar refractivity (Wildman–Crippen MR) is 87.0 cm³/mol. The Kier molecular flexibility index (Phi) is 5.51. The summed E-state index contributed by atoms with van der Waals surface area (Å²) in [5.74, 6) is 4.35. The third-order valence-corrected chi connectivity index (χ3v) is 5.12. The van der Waals surface area contributed by atoms with Crippen molar-refractivity contribution in [1.82, 2.24) is 0 Å². The summed E-state index contributed by atoms with van der Waals surface area (Å²) < 4.78 is 10.9. The average molecular weight is 291 g/mol. The largest absolute Gasteiger partial charge is 0.497 e. The lowest BCUT2D eigenvalue weighted by Crippen LogP contribution is -2.31. The molecule has 0 heterocycles. The monoisotopic (exact) mass is 291 g/mol. The van der Waals surface area contributed by atoms with Crippen LogP contribution in [0.4, 0.5) is 0 Å². The molecule has 1 aromatic carbocycles. The van der Waals surface area contributed by atoms with Crippen molar-refractivity contribution in [3.63, 3.8) is 0 Å². The van der Waals surface area contributed by atoms with Crippen LogP contribution in [0.15, 0.2) is 18.2 Å². The van der Waals surface area contributed by atoms with Crippen LogP contribution < -0.4 is 15.2 Å². The van der Waals surface area contributed by atoms with Gasteiger partial charge in [0.05, 0.1) is 14.2 Å². The fraction of sp³-hybridized carbons (Fsp3) is 0.667. The highest BCUT2D eigenvalue weighted by molar-refractivity contribution is 5.43. The summed E-state index contributed by atoms with van der Waals surface area (Å²) in [7, 11) is 3.42. The van der Waals surface area contributed by atoms with Gasteiger partial charge in [0.25, 0.3) is 0 Å². The lowest BCUT2D eigenvalue weighted by Gasteiger charge is -2.38. The lowest BCUT2D eigenvalue weighted by molar-refractivity contribution is 0.195. The molecule has 0 radical (unpaired) electrons.